The summed E-state index contributed by atoms with van der Waals surface area (Å²) in [5, 5.41) is 8.96. The Balaban J connectivity index is 1.92. The molecule has 1 heterocycles. The van der Waals surface area contributed by atoms with Crippen molar-refractivity contribution in [2.45, 2.75) is 58.2 Å². The van der Waals surface area contributed by atoms with E-state index in [2.05, 4.69) is 24.0 Å². The van der Waals surface area contributed by atoms with E-state index < -0.39 is 5.60 Å². The molecule has 0 N–H and O–H groups in total. The van der Waals surface area contributed by atoms with Gasteiger partial charge in [0.15, 0.2) is 0 Å². The standard InChI is InChI=1S/C16H25N3O2/c1-12-11-18(15(20)21-16(2,3)4)7-8-19(12)14-6-5-13(9-14)10-17/h9,12,14H,5-8,11H2,1-4H3/t12-,14-/m1/s1. The van der Waals surface area contributed by atoms with Gasteiger partial charge in [-0.2, -0.15) is 5.26 Å². The Labute approximate surface area is 127 Å². The highest BCUT2D eigenvalue weighted by atomic mass is 16.6. The molecule has 2 aliphatic rings. The Morgan fingerprint density at radius 3 is 2.67 bits per heavy atom. The Morgan fingerprint density at radius 2 is 2.14 bits per heavy atom. The number of rotatable bonds is 1. The molecule has 1 fully saturated rings. The molecular formula is C16H25N3O2. The first-order valence-electron chi connectivity index (χ1n) is 7.64. The third-order valence-electron chi connectivity index (χ3n) is 4.00. The van der Waals surface area contributed by atoms with Crippen LogP contribution < -0.4 is 0 Å². The maximum Gasteiger partial charge on any atom is 0.410 e. The quantitative estimate of drug-likeness (QED) is 0.745. The molecule has 2 rings (SSSR count). The second kappa shape index (κ2) is 6.07. The third kappa shape index (κ3) is 3.98. The molecule has 1 amide bonds. The summed E-state index contributed by atoms with van der Waals surface area (Å²) in [6.45, 7) is 9.99. The van der Waals surface area contributed by atoms with Crippen LogP contribution in [0.25, 0.3) is 0 Å². The van der Waals surface area contributed by atoms with Gasteiger partial charge in [-0.05, 0) is 40.5 Å². The number of allylic oxidation sites excluding steroid dienone is 1. The summed E-state index contributed by atoms with van der Waals surface area (Å²) in [4.78, 5) is 16.3. The van der Waals surface area contributed by atoms with Crippen molar-refractivity contribution >= 4 is 6.09 Å². The predicted octanol–water partition coefficient (Wildman–Crippen LogP) is 2.54. The van der Waals surface area contributed by atoms with Gasteiger partial charge in [0.1, 0.15) is 5.60 Å². The molecule has 0 radical (unpaired) electrons. The maximum absolute atomic E-state index is 12.1. The van der Waals surface area contributed by atoms with Crippen LogP contribution in [0, 0.1) is 11.3 Å². The van der Waals surface area contributed by atoms with Gasteiger partial charge >= 0.3 is 6.09 Å². The van der Waals surface area contributed by atoms with E-state index in [0.29, 0.717) is 19.1 Å². The van der Waals surface area contributed by atoms with Crippen LogP contribution in [0.5, 0.6) is 0 Å². The Bertz CT molecular complexity index is 473. The smallest absolute Gasteiger partial charge is 0.410 e. The number of nitrogens with zero attached hydrogens (tertiary/aromatic N) is 3. The molecule has 1 aliphatic heterocycles. The van der Waals surface area contributed by atoms with Gasteiger partial charge in [0.25, 0.3) is 0 Å². The summed E-state index contributed by atoms with van der Waals surface area (Å²) >= 11 is 0. The molecule has 0 aromatic carbocycles. The molecule has 0 aromatic rings. The van der Waals surface area contributed by atoms with Gasteiger partial charge in [-0.15, -0.1) is 0 Å². The zero-order valence-corrected chi connectivity index (χ0v) is 13.4. The molecule has 1 saturated heterocycles. The van der Waals surface area contributed by atoms with Gasteiger partial charge in [-0.1, -0.05) is 6.08 Å². The fourth-order valence-electron chi connectivity index (χ4n) is 3.01. The van der Waals surface area contributed by atoms with Gasteiger partial charge in [-0.3, -0.25) is 4.90 Å². The van der Waals surface area contributed by atoms with E-state index in [1.54, 1.807) is 4.90 Å². The fraction of sp³-hybridized carbons (Fsp3) is 0.750. The number of carbonyl (C=O) groups excluding carboxylic acids is 1. The highest BCUT2D eigenvalue weighted by Gasteiger charge is 2.33. The van der Waals surface area contributed by atoms with Gasteiger partial charge < -0.3 is 9.64 Å². The van der Waals surface area contributed by atoms with E-state index in [4.69, 9.17) is 10.00 Å². The Hall–Kier alpha value is -1.54. The molecule has 1 aliphatic carbocycles. The lowest BCUT2D eigenvalue weighted by molar-refractivity contribution is 0.00164. The molecule has 0 saturated carbocycles. The number of ether oxygens (including phenoxy) is 1. The Morgan fingerprint density at radius 1 is 1.43 bits per heavy atom. The van der Waals surface area contributed by atoms with E-state index in [9.17, 15) is 4.79 Å². The molecule has 21 heavy (non-hydrogen) atoms. The SMILES string of the molecule is C[C@@H]1CN(C(=O)OC(C)(C)C)CCN1[C@H]1C=C(C#N)CC1. The van der Waals surface area contributed by atoms with E-state index in [1.807, 2.05) is 20.8 Å². The first-order chi connectivity index (χ1) is 9.80. The number of carbonyl (C=O) groups is 1. The minimum absolute atomic E-state index is 0.228. The summed E-state index contributed by atoms with van der Waals surface area (Å²) in [5.74, 6) is 0. The van der Waals surface area contributed by atoms with Gasteiger partial charge in [0.05, 0.1) is 6.07 Å². The van der Waals surface area contributed by atoms with Crippen LogP contribution in [0.2, 0.25) is 0 Å². The van der Waals surface area contributed by atoms with Crippen LogP contribution in [-0.2, 0) is 4.74 Å². The number of nitriles is 1. The Kier molecular flexibility index (Phi) is 4.58. The summed E-state index contributed by atoms with van der Waals surface area (Å²) in [7, 11) is 0. The monoisotopic (exact) mass is 291 g/mol. The van der Waals surface area contributed by atoms with E-state index in [1.165, 1.54) is 0 Å². The van der Waals surface area contributed by atoms with Crippen molar-refractivity contribution < 1.29 is 9.53 Å². The van der Waals surface area contributed by atoms with Crippen LogP contribution in [-0.4, -0.2) is 53.2 Å². The molecule has 0 aromatic heterocycles. The lowest BCUT2D eigenvalue weighted by atomic mass is 10.1. The van der Waals surface area contributed by atoms with Crippen LogP contribution in [0.1, 0.15) is 40.5 Å². The van der Waals surface area contributed by atoms with Gasteiger partial charge in [0, 0.05) is 37.3 Å². The molecule has 116 valence electrons. The van der Waals surface area contributed by atoms with Crippen LogP contribution in [0.3, 0.4) is 0 Å². The van der Waals surface area contributed by atoms with Crippen molar-refractivity contribution in [2.24, 2.45) is 0 Å². The lowest BCUT2D eigenvalue weighted by Gasteiger charge is -2.42. The van der Waals surface area contributed by atoms with Gasteiger partial charge in [0.2, 0.25) is 0 Å². The van der Waals surface area contributed by atoms with E-state index in [0.717, 1.165) is 25.0 Å². The zero-order valence-electron chi connectivity index (χ0n) is 13.4. The first kappa shape index (κ1) is 15.8. The first-order valence-corrected chi connectivity index (χ1v) is 7.64. The zero-order chi connectivity index (χ0) is 15.6. The normalized spacial score (nSPS) is 27.2. The lowest BCUT2D eigenvalue weighted by Crippen LogP contribution is -2.56. The molecule has 0 unspecified atom stereocenters. The maximum atomic E-state index is 12.1. The number of hydrogen-bond acceptors (Lipinski definition) is 4. The minimum Gasteiger partial charge on any atom is -0.444 e. The number of piperazine rings is 1. The average molecular weight is 291 g/mol. The highest BCUT2D eigenvalue weighted by molar-refractivity contribution is 5.68. The summed E-state index contributed by atoms with van der Waals surface area (Å²) in [6, 6.07) is 2.88. The summed E-state index contributed by atoms with van der Waals surface area (Å²) in [6.07, 6.45) is 3.74. The molecular weight excluding hydrogens is 266 g/mol. The van der Waals surface area contributed by atoms with E-state index >= 15 is 0 Å². The van der Waals surface area contributed by atoms with Gasteiger partial charge in [-0.25, -0.2) is 4.79 Å². The summed E-state index contributed by atoms with van der Waals surface area (Å²) in [5.41, 5.74) is 0.439. The number of hydrogen-bond donors (Lipinski definition) is 0. The van der Waals surface area contributed by atoms with Crippen molar-refractivity contribution in [2.75, 3.05) is 19.6 Å². The van der Waals surface area contributed by atoms with E-state index in [-0.39, 0.29) is 12.1 Å². The molecule has 2 atom stereocenters. The number of amides is 1. The molecule has 0 bridgehead atoms. The van der Waals surface area contributed by atoms with Crippen LogP contribution >= 0.6 is 0 Å². The largest absolute Gasteiger partial charge is 0.444 e. The van der Waals surface area contributed by atoms with Crippen LogP contribution in [0.15, 0.2) is 11.6 Å². The molecule has 0 spiro atoms. The average Bonchev–Trinajstić information content (AvgIpc) is 2.85. The van der Waals surface area contributed by atoms with Crippen molar-refractivity contribution in [3.05, 3.63) is 11.6 Å². The van der Waals surface area contributed by atoms with Crippen LogP contribution in [0.4, 0.5) is 4.79 Å². The summed E-state index contributed by atoms with van der Waals surface area (Å²) < 4.78 is 5.43. The topological polar surface area (TPSA) is 56.6 Å². The third-order valence-corrected chi connectivity index (χ3v) is 4.00. The van der Waals surface area contributed by atoms with Crippen molar-refractivity contribution in [1.29, 1.82) is 5.26 Å². The van der Waals surface area contributed by atoms with Crippen molar-refractivity contribution in [3.63, 3.8) is 0 Å². The van der Waals surface area contributed by atoms with Crippen molar-refractivity contribution in [3.8, 4) is 6.07 Å². The molecule has 5 heteroatoms. The van der Waals surface area contributed by atoms with Crippen molar-refractivity contribution in [1.82, 2.24) is 9.80 Å². The second-order valence-electron chi connectivity index (χ2n) is 6.92. The second-order valence-corrected chi connectivity index (χ2v) is 6.92. The fourth-order valence-corrected chi connectivity index (χ4v) is 3.01. The predicted molar refractivity (Wildman–Crippen MR) is 80.7 cm³/mol. The molecule has 5 nitrogen and oxygen atoms in total. The highest BCUT2D eigenvalue weighted by Crippen LogP contribution is 2.26. The minimum atomic E-state index is -0.451.